The quantitative estimate of drug-likeness (QED) is 0.721. The Morgan fingerprint density at radius 3 is 2.25 bits per heavy atom. The summed E-state index contributed by atoms with van der Waals surface area (Å²) in [4.78, 5) is 12.4. The van der Waals surface area contributed by atoms with E-state index in [2.05, 4.69) is 71.4 Å². The van der Waals surface area contributed by atoms with Crippen molar-refractivity contribution < 1.29 is 4.79 Å². The van der Waals surface area contributed by atoms with Crippen molar-refractivity contribution >= 4 is 6.03 Å². The second kappa shape index (κ2) is 8.78. The normalized spacial score (nSPS) is 19.5. The van der Waals surface area contributed by atoms with Gasteiger partial charge in [-0.05, 0) is 60.3 Å². The van der Waals surface area contributed by atoms with Gasteiger partial charge in [0.15, 0.2) is 0 Å². The molecular formula is C24H31N3O. The van der Waals surface area contributed by atoms with E-state index >= 15 is 0 Å². The lowest BCUT2D eigenvalue weighted by molar-refractivity contribution is 0.232. The molecule has 4 heteroatoms. The second-order valence-electron chi connectivity index (χ2n) is 8.29. The van der Waals surface area contributed by atoms with E-state index in [0.29, 0.717) is 18.5 Å². The highest BCUT2D eigenvalue weighted by atomic mass is 16.2. The standard InChI is InChI=1S/C24H31N3O/c1-2-22(13-17-11-18-7-3-4-8-19(18)12-17)27-24(28)26-16-23-14-20-9-5-6-10-21(20)15-25-23/h3-10,17,22-23,25H,2,11-16H2,1H3,(H2,26,27,28). The minimum absolute atomic E-state index is 0.0389. The van der Waals surface area contributed by atoms with Gasteiger partial charge >= 0.3 is 6.03 Å². The number of amides is 2. The van der Waals surface area contributed by atoms with Crippen LogP contribution in [-0.2, 0) is 25.8 Å². The molecule has 2 aliphatic rings. The number of hydrogen-bond acceptors (Lipinski definition) is 2. The first-order chi connectivity index (χ1) is 13.7. The number of urea groups is 1. The molecule has 2 amide bonds. The van der Waals surface area contributed by atoms with Crippen LogP contribution < -0.4 is 16.0 Å². The SMILES string of the molecule is CCC(CC1Cc2ccccc2C1)NC(=O)NCC1Cc2ccccc2CN1. The first-order valence-electron chi connectivity index (χ1n) is 10.6. The number of benzene rings is 2. The maximum atomic E-state index is 12.4. The third kappa shape index (κ3) is 4.56. The first kappa shape index (κ1) is 19.0. The van der Waals surface area contributed by atoms with Crippen molar-refractivity contribution in [2.24, 2.45) is 5.92 Å². The molecule has 2 aromatic carbocycles. The van der Waals surface area contributed by atoms with Crippen LogP contribution in [0.5, 0.6) is 0 Å². The zero-order chi connectivity index (χ0) is 19.3. The van der Waals surface area contributed by atoms with Crippen LogP contribution in [0.1, 0.15) is 42.0 Å². The molecule has 0 aromatic heterocycles. The summed E-state index contributed by atoms with van der Waals surface area (Å²) in [5.74, 6) is 0.638. The smallest absolute Gasteiger partial charge is 0.315 e. The van der Waals surface area contributed by atoms with E-state index in [0.717, 1.165) is 38.6 Å². The van der Waals surface area contributed by atoms with E-state index in [1.54, 1.807) is 0 Å². The number of rotatable bonds is 6. The molecule has 148 valence electrons. The van der Waals surface area contributed by atoms with Crippen molar-refractivity contribution in [3.63, 3.8) is 0 Å². The number of hydrogen-bond donors (Lipinski definition) is 3. The molecule has 0 fully saturated rings. The van der Waals surface area contributed by atoms with Crippen molar-refractivity contribution in [3.05, 3.63) is 70.8 Å². The molecule has 4 nitrogen and oxygen atoms in total. The van der Waals surface area contributed by atoms with Crippen LogP contribution in [0.3, 0.4) is 0 Å². The van der Waals surface area contributed by atoms with Crippen molar-refractivity contribution in [1.82, 2.24) is 16.0 Å². The number of fused-ring (bicyclic) bond motifs is 2. The Morgan fingerprint density at radius 1 is 1.00 bits per heavy atom. The highest BCUT2D eigenvalue weighted by molar-refractivity contribution is 5.74. The maximum Gasteiger partial charge on any atom is 0.315 e. The number of carbonyl (C=O) groups is 1. The van der Waals surface area contributed by atoms with Gasteiger partial charge in [0.2, 0.25) is 0 Å². The molecule has 0 radical (unpaired) electrons. The van der Waals surface area contributed by atoms with Crippen LogP contribution in [0.15, 0.2) is 48.5 Å². The highest BCUT2D eigenvalue weighted by Crippen LogP contribution is 2.29. The predicted octanol–water partition coefficient (Wildman–Crippen LogP) is 3.58. The summed E-state index contributed by atoms with van der Waals surface area (Å²) < 4.78 is 0. The van der Waals surface area contributed by atoms with Crippen molar-refractivity contribution in [1.29, 1.82) is 0 Å². The van der Waals surface area contributed by atoms with Crippen LogP contribution in [0.25, 0.3) is 0 Å². The Labute approximate surface area is 168 Å². The van der Waals surface area contributed by atoms with Crippen LogP contribution in [-0.4, -0.2) is 24.7 Å². The van der Waals surface area contributed by atoms with Gasteiger partial charge in [0.25, 0.3) is 0 Å². The molecular weight excluding hydrogens is 346 g/mol. The minimum Gasteiger partial charge on any atom is -0.337 e. The maximum absolute atomic E-state index is 12.4. The fourth-order valence-corrected chi connectivity index (χ4v) is 4.66. The van der Waals surface area contributed by atoms with E-state index in [1.165, 1.54) is 22.3 Å². The fraction of sp³-hybridized carbons (Fsp3) is 0.458. The molecule has 0 saturated heterocycles. The van der Waals surface area contributed by atoms with Gasteiger partial charge in [-0.1, -0.05) is 55.5 Å². The Balaban J connectivity index is 1.22. The summed E-state index contributed by atoms with van der Waals surface area (Å²) in [6.07, 6.45) is 5.26. The van der Waals surface area contributed by atoms with Crippen LogP contribution in [0, 0.1) is 5.92 Å². The van der Waals surface area contributed by atoms with Gasteiger partial charge in [-0.15, -0.1) is 0 Å². The third-order valence-corrected chi connectivity index (χ3v) is 6.26. The van der Waals surface area contributed by atoms with Crippen LogP contribution in [0.2, 0.25) is 0 Å². The summed E-state index contributed by atoms with van der Waals surface area (Å²) >= 11 is 0. The summed E-state index contributed by atoms with van der Waals surface area (Å²) in [6.45, 7) is 3.70. The lowest BCUT2D eigenvalue weighted by Gasteiger charge is -2.27. The summed E-state index contributed by atoms with van der Waals surface area (Å²) in [6, 6.07) is 17.8. The predicted molar refractivity (Wildman–Crippen MR) is 113 cm³/mol. The molecule has 3 N–H and O–H groups in total. The van der Waals surface area contributed by atoms with Crippen molar-refractivity contribution in [2.45, 2.75) is 57.7 Å². The van der Waals surface area contributed by atoms with Gasteiger partial charge in [-0.25, -0.2) is 4.79 Å². The fourth-order valence-electron chi connectivity index (χ4n) is 4.66. The molecule has 1 aliphatic carbocycles. The Morgan fingerprint density at radius 2 is 1.61 bits per heavy atom. The topological polar surface area (TPSA) is 53.2 Å². The summed E-state index contributed by atoms with van der Waals surface area (Å²) in [5, 5.41) is 9.80. The average Bonchev–Trinajstić information content (AvgIpc) is 3.14. The van der Waals surface area contributed by atoms with Gasteiger partial charge in [0.1, 0.15) is 0 Å². The van der Waals surface area contributed by atoms with E-state index < -0.39 is 0 Å². The van der Waals surface area contributed by atoms with E-state index in [4.69, 9.17) is 0 Å². The van der Waals surface area contributed by atoms with Gasteiger partial charge in [-0.3, -0.25) is 0 Å². The zero-order valence-electron chi connectivity index (χ0n) is 16.7. The van der Waals surface area contributed by atoms with E-state index in [1.807, 2.05) is 0 Å². The van der Waals surface area contributed by atoms with Gasteiger partial charge in [0.05, 0.1) is 0 Å². The molecule has 2 atom stereocenters. The number of carbonyl (C=O) groups excluding carboxylic acids is 1. The molecule has 4 rings (SSSR count). The molecule has 2 unspecified atom stereocenters. The number of nitrogens with one attached hydrogen (secondary N) is 3. The second-order valence-corrected chi connectivity index (χ2v) is 8.29. The summed E-state index contributed by atoms with van der Waals surface area (Å²) in [5.41, 5.74) is 5.72. The van der Waals surface area contributed by atoms with Gasteiger partial charge in [0, 0.05) is 25.2 Å². The molecule has 2 aromatic rings. The van der Waals surface area contributed by atoms with E-state index in [-0.39, 0.29) is 12.1 Å². The molecule has 0 saturated carbocycles. The van der Waals surface area contributed by atoms with Crippen molar-refractivity contribution in [2.75, 3.05) is 6.54 Å². The third-order valence-electron chi connectivity index (χ3n) is 6.26. The zero-order valence-corrected chi connectivity index (χ0v) is 16.7. The molecule has 1 aliphatic heterocycles. The lowest BCUT2D eigenvalue weighted by atomic mass is 9.95. The average molecular weight is 378 g/mol. The summed E-state index contributed by atoms with van der Waals surface area (Å²) in [7, 11) is 0. The highest BCUT2D eigenvalue weighted by Gasteiger charge is 2.24. The monoisotopic (exact) mass is 377 g/mol. The molecule has 0 bridgehead atoms. The van der Waals surface area contributed by atoms with Crippen molar-refractivity contribution in [3.8, 4) is 0 Å². The molecule has 28 heavy (non-hydrogen) atoms. The van der Waals surface area contributed by atoms with E-state index in [9.17, 15) is 4.79 Å². The Bertz CT molecular complexity index is 794. The minimum atomic E-state index is -0.0389. The molecule has 0 spiro atoms. The Kier molecular flexibility index (Phi) is 5.96. The lowest BCUT2D eigenvalue weighted by Crippen LogP contribution is -2.49. The van der Waals surface area contributed by atoms with Gasteiger partial charge < -0.3 is 16.0 Å². The van der Waals surface area contributed by atoms with Crippen LogP contribution in [0.4, 0.5) is 4.79 Å². The van der Waals surface area contributed by atoms with Crippen LogP contribution >= 0.6 is 0 Å². The first-order valence-corrected chi connectivity index (χ1v) is 10.6. The largest absolute Gasteiger partial charge is 0.337 e. The Hall–Kier alpha value is -2.33. The molecule has 1 heterocycles. The van der Waals surface area contributed by atoms with Gasteiger partial charge in [-0.2, -0.15) is 0 Å².